The fourth-order valence-corrected chi connectivity index (χ4v) is 3.15. The fourth-order valence-electron chi connectivity index (χ4n) is 1.54. The molecule has 1 amide bonds. The summed E-state index contributed by atoms with van der Waals surface area (Å²) in [5.74, 6) is -0.870. The van der Waals surface area contributed by atoms with E-state index >= 15 is 0 Å². The molecule has 1 aromatic carbocycles. The van der Waals surface area contributed by atoms with Gasteiger partial charge in [-0.15, -0.1) is 0 Å². The summed E-state index contributed by atoms with van der Waals surface area (Å²) in [6.45, 7) is 5.31. The number of hydrogen-bond donors (Lipinski definition) is 1. The average molecular weight is 280 g/mol. The number of rotatable bonds is 3. The van der Waals surface area contributed by atoms with E-state index in [4.69, 9.17) is 5.26 Å². The van der Waals surface area contributed by atoms with Gasteiger partial charge in [-0.05, 0) is 23.6 Å². The third-order valence-electron chi connectivity index (χ3n) is 2.13. The highest BCUT2D eigenvalue weighted by atomic mass is 32.2. The van der Waals surface area contributed by atoms with Crippen molar-refractivity contribution in [3.05, 3.63) is 35.4 Å². The second-order valence-electron chi connectivity index (χ2n) is 5.44. The first-order valence-corrected chi connectivity index (χ1v) is 7.33. The van der Waals surface area contributed by atoms with Gasteiger partial charge in [0.15, 0.2) is 0 Å². The lowest BCUT2D eigenvalue weighted by atomic mass is 10.0. The highest BCUT2D eigenvalue weighted by Crippen LogP contribution is 2.15. The van der Waals surface area contributed by atoms with E-state index in [2.05, 4.69) is 0 Å². The van der Waals surface area contributed by atoms with Crippen molar-refractivity contribution in [2.75, 3.05) is 5.75 Å². The van der Waals surface area contributed by atoms with Crippen molar-refractivity contribution in [1.82, 2.24) is 4.72 Å². The second-order valence-corrected chi connectivity index (χ2v) is 7.17. The van der Waals surface area contributed by atoms with E-state index in [1.54, 1.807) is 26.8 Å². The molecule has 0 aliphatic carbocycles. The summed E-state index contributed by atoms with van der Waals surface area (Å²) in [4.78, 5) is 11.8. The van der Waals surface area contributed by atoms with E-state index in [1.165, 1.54) is 18.2 Å². The predicted molar refractivity (Wildman–Crippen MR) is 71.9 cm³/mol. The number of carbonyl (C=O) groups is 1. The summed E-state index contributed by atoms with van der Waals surface area (Å²) in [7, 11) is -3.69. The van der Waals surface area contributed by atoms with Gasteiger partial charge in [0.1, 0.15) is 0 Å². The van der Waals surface area contributed by atoms with Crippen LogP contribution in [0.25, 0.3) is 0 Å². The van der Waals surface area contributed by atoms with Crippen molar-refractivity contribution in [3.8, 4) is 6.07 Å². The Bertz CT molecular complexity index is 622. The Labute approximate surface area is 113 Å². The lowest BCUT2D eigenvalue weighted by Crippen LogP contribution is -2.36. The maximum atomic E-state index is 11.8. The molecule has 0 unspecified atom stereocenters. The van der Waals surface area contributed by atoms with Crippen LogP contribution in [0.5, 0.6) is 0 Å². The van der Waals surface area contributed by atoms with Gasteiger partial charge >= 0.3 is 0 Å². The molecule has 19 heavy (non-hydrogen) atoms. The van der Waals surface area contributed by atoms with Gasteiger partial charge < -0.3 is 0 Å². The summed E-state index contributed by atoms with van der Waals surface area (Å²) in [6, 6.07) is 7.78. The summed E-state index contributed by atoms with van der Waals surface area (Å²) in [6.07, 6.45) is 0. The molecule has 0 saturated heterocycles. The van der Waals surface area contributed by atoms with Crippen LogP contribution in [0.1, 0.15) is 36.7 Å². The monoisotopic (exact) mass is 280 g/mol. The molecule has 0 spiro atoms. The smallest absolute Gasteiger partial charge is 0.264 e. The highest BCUT2D eigenvalue weighted by molar-refractivity contribution is 7.90. The molecule has 0 atom stereocenters. The zero-order valence-corrected chi connectivity index (χ0v) is 11.9. The van der Waals surface area contributed by atoms with Crippen LogP contribution < -0.4 is 4.72 Å². The molecule has 0 radical (unpaired) electrons. The van der Waals surface area contributed by atoms with E-state index in [9.17, 15) is 13.2 Å². The van der Waals surface area contributed by atoms with Crippen LogP contribution in [0.4, 0.5) is 0 Å². The zero-order chi connectivity index (χ0) is 14.7. The summed E-state index contributed by atoms with van der Waals surface area (Å²) in [5.41, 5.74) is 0.0121. The van der Waals surface area contributed by atoms with Crippen LogP contribution in [0, 0.1) is 16.7 Å². The van der Waals surface area contributed by atoms with E-state index in [0.29, 0.717) is 5.56 Å². The summed E-state index contributed by atoms with van der Waals surface area (Å²) >= 11 is 0. The number of nitrogens with one attached hydrogen (secondary N) is 1. The van der Waals surface area contributed by atoms with Crippen LogP contribution in [0.3, 0.4) is 0 Å². The lowest BCUT2D eigenvalue weighted by Gasteiger charge is -2.18. The van der Waals surface area contributed by atoms with Gasteiger partial charge in [-0.3, -0.25) is 4.79 Å². The fraction of sp³-hybridized carbons (Fsp3) is 0.385. The Hall–Kier alpha value is -1.87. The normalized spacial score (nSPS) is 11.7. The molecular formula is C13H16N2O3S. The topological polar surface area (TPSA) is 87.0 Å². The van der Waals surface area contributed by atoms with Gasteiger partial charge in [-0.1, -0.05) is 26.8 Å². The van der Waals surface area contributed by atoms with Gasteiger partial charge in [-0.25, -0.2) is 13.1 Å². The molecule has 102 valence electrons. The van der Waals surface area contributed by atoms with E-state index in [-0.39, 0.29) is 11.3 Å². The minimum absolute atomic E-state index is 0.149. The maximum absolute atomic E-state index is 11.8. The van der Waals surface area contributed by atoms with Crippen molar-refractivity contribution in [3.63, 3.8) is 0 Å². The SMILES string of the molecule is CC(C)(C)CS(=O)(=O)NC(=O)c1cccc(C#N)c1. The number of benzene rings is 1. The van der Waals surface area contributed by atoms with E-state index in [0.717, 1.165) is 0 Å². The van der Waals surface area contributed by atoms with E-state index in [1.807, 2.05) is 10.8 Å². The molecule has 1 rings (SSSR count). The Kier molecular flexibility index (Phi) is 4.32. The minimum Gasteiger partial charge on any atom is -0.268 e. The largest absolute Gasteiger partial charge is 0.268 e. The zero-order valence-electron chi connectivity index (χ0n) is 11.1. The minimum atomic E-state index is -3.69. The van der Waals surface area contributed by atoms with Gasteiger partial charge in [0.05, 0.1) is 17.4 Å². The van der Waals surface area contributed by atoms with Crippen LogP contribution in [-0.4, -0.2) is 20.1 Å². The van der Waals surface area contributed by atoms with Crippen LogP contribution >= 0.6 is 0 Å². The number of nitriles is 1. The molecule has 0 heterocycles. The first-order chi connectivity index (χ1) is 8.63. The Morgan fingerprint density at radius 1 is 1.37 bits per heavy atom. The molecule has 0 aliphatic heterocycles. The van der Waals surface area contributed by atoms with Crippen molar-refractivity contribution in [2.45, 2.75) is 20.8 Å². The molecule has 1 N–H and O–H groups in total. The number of hydrogen-bond acceptors (Lipinski definition) is 4. The highest BCUT2D eigenvalue weighted by Gasteiger charge is 2.23. The molecule has 0 aliphatic rings. The molecule has 0 bridgehead atoms. The molecule has 6 heteroatoms. The molecule has 0 fully saturated rings. The summed E-state index contributed by atoms with van der Waals surface area (Å²) in [5, 5.41) is 8.73. The predicted octanol–water partition coefficient (Wildman–Crippen LogP) is 1.66. The second kappa shape index (κ2) is 5.41. The molecule has 0 aromatic heterocycles. The van der Waals surface area contributed by atoms with Crippen LogP contribution in [0.2, 0.25) is 0 Å². The first-order valence-electron chi connectivity index (χ1n) is 5.68. The van der Waals surface area contributed by atoms with Crippen molar-refractivity contribution >= 4 is 15.9 Å². The summed E-state index contributed by atoms with van der Waals surface area (Å²) < 4.78 is 25.6. The third kappa shape index (κ3) is 5.10. The number of carbonyl (C=O) groups excluding carboxylic acids is 1. The standard InChI is InChI=1S/C13H16N2O3S/c1-13(2,3)9-19(17,18)15-12(16)11-6-4-5-10(7-11)8-14/h4-7H,9H2,1-3H3,(H,15,16). The number of nitrogens with zero attached hydrogens (tertiary/aromatic N) is 1. The van der Waals surface area contributed by atoms with Crippen molar-refractivity contribution < 1.29 is 13.2 Å². The Balaban J connectivity index is 2.88. The molecule has 5 nitrogen and oxygen atoms in total. The number of amides is 1. The Morgan fingerprint density at radius 3 is 2.53 bits per heavy atom. The molecule has 0 saturated carbocycles. The average Bonchev–Trinajstić information content (AvgIpc) is 2.25. The lowest BCUT2D eigenvalue weighted by molar-refractivity contribution is 0.0981. The van der Waals surface area contributed by atoms with Gasteiger partial charge in [0.25, 0.3) is 5.91 Å². The molecular weight excluding hydrogens is 264 g/mol. The maximum Gasteiger partial charge on any atom is 0.264 e. The number of sulfonamides is 1. The van der Waals surface area contributed by atoms with Crippen LogP contribution in [-0.2, 0) is 10.0 Å². The van der Waals surface area contributed by atoms with Crippen molar-refractivity contribution in [1.29, 1.82) is 5.26 Å². The Morgan fingerprint density at radius 2 is 2.00 bits per heavy atom. The van der Waals surface area contributed by atoms with Gasteiger partial charge in [0.2, 0.25) is 10.0 Å². The third-order valence-corrected chi connectivity index (χ3v) is 3.87. The van der Waals surface area contributed by atoms with E-state index < -0.39 is 21.3 Å². The quantitative estimate of drug-likeness (QED) is 0.912. The van der Waals surface area contributed by atoms with Crippen LogP contribution in [0.15, 0.2) is 24.3 Å². The van der Waals surface area contributed by atoms with Gasteiger partial charge in [0, 0.05) is 5.56 Å². The van der Waals surface area contributed by atoms with Gasteiger partial charge in [-0.2, -0.15) is 5.26 Å². The first kappa shape index (κ1) is 15.2. The molecule has 1 aromatic rings. The van der Waals surface area contributed by atoms with Crippen molar-refractivity contribution in [2.24, 2.45) is 5.41 Å².